The van der Waals surface area contributed by atoms with E-state index in [2.05, 4.69) is 37.9 Å². The molecule has 106 valence electrons. The molecule has 3 heteroatoms. The van der Waals surface area contributed by atoms with E-state index >= 15 is 0 Å². The lowest BCUT2D eigenvalue weighted by molar-refractivity contribution is 0.502. The Hall–Kier alpha value is -1.09. The second-order valence-corrected chi connectivity index (χ2v) is 6.35. The van der Waals surface area contributed by atoms with Crippen LogP contribution in [0.15, 0.2) is 18.2 Å². The Bertz CT molecular complexity index is 440. The molecule has 0 aromatic heterocycles. The first-order valence-corrected chi connectivity index (χ1v) is 7.20. The molecule has 1 fully saturated rings. The summed E-state index contributed by atoms with van der Waals surface area (Å²) in [5.41, 5.74) is 1.90. The third kappa shape index (κ3) is 3.08. The van der Waals surface area contributed by atoms with Crippen LogP contribution in [0, 0.1) is 5.82 Å². The van der Waals surface area contributed by atoms with E-state index in [-0.39, 0.29) is 11.4 Å². The number of anilines is 1. The van der Waals surface area contributed by atoms with Gasteiger partial charge in [-0.3, -0.25) is 0 Å². The second kappa shape index (κ2) is 5.49. The minimum Gasteiger partial charge on any atom is -0.364 e. The van der Waals surface area contributed by atoms with Gasteiger partial charge in [0.1, 0.15) is 5.82 Å². The fraction of sp³-hybridized carbons (Fsp3) is 0.625. The lowest BCUT2D eigenvalue weighted by Crippen LogP contribution is -2.39. The van der Waals surface area contributed by atoms with Crippen LogP contribution in [0.2, 0.25) is 0 Å². The van der Waals surface area contributed by atoms with Gasteiger partial charge in [-0.2, -0.15) is 0 Å². The van der Waals surface area contributed by atoms with Crippen LogP contribution < -0.4 is 10.2 Å². The molecule has 0 aliphatic carbocycles. The molecule has 1 aliphatic rings. The van der Waals surface area contributed by atoms with Crippen molar-refractivity contribution in [1.82, 2.24) is 5.32 Å². The Morgan fingerprint density at radius 1 is 1.37 bits per heavy atom. The van der Waals surface area contributed by atoms with Crippen molar-refractivity contribution in [2.24, 2.45) is 0 Å². The Morgan fingerprint density at radius 2 is 2.11 bits per heavy atom. The molecule has 0 atom stereocenters. The molecule has 1 aliphatic heterocycles. The molecule has 2 nitrogen and oxygen atoms in total. The van der Waals surface area contributed by atoms with Gasteiger partial charge >= 0.3 is 0 Å². The summed E-state index contributed by atoms with van der Waals surface area (Å²) in [5.74, 6) is -0.0990. The zero-order valence-electron chi connectivity index (χ0n) is 12.5. The van der Waals surface area contributed by atoms with Gasteiger partial charge in [0, 0.05) is 24.7 Å². The molecule has 2 rings (SSSR count). The van der Waals surface area contributed by atoms with Gasteiger partial charge in [0.15, 0.2) is 0 Å². The largest absolute Gasteiger partial charge is 0.364 e. The molecule has 19 heavy (non-hydrogen) atoms. The number of hydrogen-bond acceptors (Lipinski definition) is 2. The summed E-state index contributed by atoms with van der Waals surface area (Å²) in [6, 6.07) is 5.81. The van der Waals surface area contributed by atoms with E-state index in [0.717, 1.165) is 37.2 Å². The average molecular weight is 264 g/mol. The van der Waals surface area contributed by atoms with Gasteiger partial charge in [-0.05, 0) is 38.3 Å². The number of para-hydroxylation sites is 1. The number of nitrogens with zero attached hydrogens (tertiary/aromatic N) is 1. The maximum absolute atomic E-state index is 14.3. The molecule has 1 aromatic rings. The Morgan fingerprint density at radius 3 is 2.68 bits per heavy atom. The van der Waals surface area contributed by atoms with Crippen LogP contribution in [0.5, 0.6) is 0 Å². The van der Waals surface area contributed by atoms with Crippen LogP contribution in [-0.2, 0) is 6.54 Å². The van der Waals surface area contributed by atoms with Gasteiger partial charge in [-0.1, -0.05) is 26.0 Å². The number of nitrogens with one attached hydrogen (secondary N) is 1. The van der Waals surface area contributed by atoms with Crippen LogP contribution >= 0.6 is 0 Å². The first-order valence-electron chi connectivity index (χ1n) is 7.20. The van der Waals surface area contributed by atoms with Gasteiger partial charge in [0.2, 0.25) is 0 Å². The summed E-state index contributed by atoms with van der Waals surface area (Å²) in [7, 11) is 0. The summed E-state index contributed by atoms with van der Waals surface area (Å²) < 4.78 is 14.3. The smallest absolute Gasteiger partial charge is 0.146 e. The van der Waals surface area contributed by atoms with E-state index in [9.17, 15) is 4.39 Å². The Kier molecular flexibility index (Phi) is 4.14. The molecule has 1 N–H and O–H groups in total. The monoisotopic (exact) mass is 264 g/mol. The van der Waals surface area contributed by atoms with Crippen LogP contribution in [0.3, 0.4) is 0 Å². The Balaban J connectivity index is 2.32. The molecule has 1 aromatic carbocycles. The minimum atomic E-state index is -0.0990. The quantitative estimate of drug-likeness (QED) is 0.892. The van der Waals surface area contributed by atoms with Gasteiger partial charge < -0.3 is 10.2 Å². The highest BCUT2D eigenvalue weighted by Gasteiger charge is 2.34. The maximum Gasteiger partial charge on any atom is 0.146 e. The fourth-order valence-electron chi connectivity index (χ4n) is 2.84. The van der Waals surface area contributed by atoms with Crippen molar-refractivity contribution in [2.75, 3.05) is 11.4 Å². The molecule has 0 saturated carbocycles. The first-order chi connectivity index (χ1) is 8.92. The summed E-state index contributed by atoms with van der Waals surface area (Å²) >= 11 is 0. The molecule has 0 bridgehead atoms. The summed E-state index contributed by atoms with van der Waals surface area (Å²) in [4.78, 5) is 2.24. The van der Waals surface area contributed by atoms with Crippen LogP contribution in [-0.4, -0.2) is 18.1 Å². The molecule has 0 unspecified atom stereocenters. The van der Waals surface area contributed by atoms with Crippen molar-refractivity contribution in [1.29, 1.82) is 0 Å². The molecule has 0 spiro atoms. The normalized spacial score (nSPS) is 18.3. The van der Waals surface area contributed by atoms with Crippen molar-refractivity contribution in [3.8, 4) is 0 Å². The van der Waals surface area contributed by atoms with Crippen molar-refractivity contribution >= 4 is 5.69 Å². The van der Waals surface area contributed by atoms with Gasteiger partial charge in [-0.15, -0.1) is 0 Å². The highest BCUT2D eigenvalue weighted by atomic mass is 19.1. The highest BCUT2D eigenvalue weighted by Crippen LogP contribution is 2.37. The zero-order chi connectivity index (χ0) is 14.0. The maximum atomic E-state index is 14.3. The van der Waals surface area contributed by atoms with E-state index in [1.807, 2.05) is 6.07 Å². The van der Waals surface area contributed by atoms with E-state index < -0.39 is 0 Å². The predicted molar refractivity (Wildman–Crippen MR) is 79.0 cm³/mol. The lowest BCUT2D eigenvalue weighted by Gasteiger charge is -2.35. The zero-order valence-corrected chi connectivity index (χ0v) is 12.5. The SMILES string of the molecule is CC(C)NCc1cccc(F)c1N1CCCC1(C)C. The van der Waals surface area contributed by atoms with Crippen molar-refractivity contribution < 1.29 is 4.39 Å². The lowest BCUT2D eigenvalue weighted by atomic mass is 10.00. The fourth-order valence-corrected chi connectivity index (χ4v) is 2.84. The van der Waals surface area contributed by atoms with Crippen LogP contribution in [0.4, 0.5) is 10.1 Å². The molecule has 0 amide bonds. The van der Waals surface area contributed by atoms with E-state index in [1.165, 1.54) is 0 Å². The number of benzene rings is 1. The van der Waals surface area contributed by atoms with E-state index in [1.54, 1.807) is 12.1 Å². The van der Waals surface area contributed by atoms with Crippen molar-refractivity contribution in [2.45, 2.75) is 58.7 Å². The standard InChI is InChI=1S/C16H25FN2/c1-12(2)18-11-13-7-5-8-14(17)15(13)19-10-6-9-16(19,3)4/h5,7-8,12,18H,6,9-11H2,1-4H3. The second-order valence-electron chi connectivity index (χ2n) is 6.35. The average Bonchev–Trinajstić information content (AvgIpc) is 2.66. The summed E-state index contributed by atoms with van der Waals surface area (Å²) in [6.07, 6.45) is 2.26. The van der Waals surface area contributed by atoms with Crippen molar-refractivity contribution in [3.05, 3.63) is 29.6 Å². The summed E-state index contributed by atoms with van der Waals surface area (Å²) in [6.45, 7) is 10.3. The highest BCUT2D eigenvalue weighted by molar-refractivity contribution is 5.57. The summed E-state index contributed by atoms with van der Waals surface area (Å²) in [5, 5.41) is 3.39. The predicted octanol–water partition coefficient (Wildman–Crippen LogP) is 3.70. The third-order valence-corrected chi connectivity index (χ3v) is 3.94. The number of rotatable bonds is 4. The van der Waals surface area contributed by atoms with Gasteiger partial charge in [-0.25, -0.2) is 4.39 Å². The van der Waals surface area contributed by atoms with E-state index in [0.29, 0.717) is 6.04 Å². The van der Waals surface area contributed by atoms with Crippen molar-refractivity contribution in [3.63, 3.8) is 0 Å². The molecule has 1 saturated heterocycles. The van der Waals surface area contributed by atoms with Gasteiger partial charge in [0.05, 0.1) is 5.69 Å². The van der Waals surface area contributed by atoms with Crippen LogP contribution in [0.25, 0.3) is 0 Å². The first kappa shape index (κ1) is 14.3. The molecular formula is C16H25FN2. The topological polar surface area (TPSA) is 15.3 Å². The molecule has 1 heterocycles. The van der Waals surface area contributed by atoms with Crippen LogP contribution in [0.1, 0.15) is 46.1 Å². The van der Waals surface area contributed by atoms with E-state index in [4.69, 9.17) is 0 Å². The Labute approximate surface area is 116 Å². The third-order valence-electron chi connectivity index (χ3n) is 3.94. The number of halogens is 1. The minimum absolute atomic E-state index is 0.0504. The molecular weight excluding hydrogens is 239 g/mol. The number of hydrogen-bond donors (Lipinski definition) is 1. The van der Waals surface area contributed by atoms with Gasteiger partial charge in [0.25, 0.3) is 0 Å². The molecule has 0 radical (unpaired) electrons.